The molecule has 0 unspecified atom stereocenters. The lowest BCUT2D eigenvalue weighted by molar-refractivity contribution is 0.229. The first-order chi connectivity index (χ1) is 11.6. The first-order valence-corrected chi connectivity index (χ1v) is 7.98. The molecule has 0 aliphatic rings. The highest BCUT2D eigenvalue weighted by Gasteiger charge is 2.07. The van der Waals surface area contributed by atoms with Gasteiger partial charge in [-0.2, -0.15) is 0 Å². The van der Waals surface area contributed by atoms with E-state index in [9.17, 15) is 4.79 Å². The fourth-order valence-corrected chi connectivity index (χ4v) is 2.57. The predicted molar refractivity (Wildman–Crippen MR) is 95.4 cm³/mol. The molecule has 1 aromatic heterocycles. The molecule has 24 heavy (non-hydrogen) atoms. The van der Waals surface area contributed by atoms with Crippen LogP contribution in [-0.4, -0.2) is 35.1 Å². The van der Waals surface area contributed by atoms with Crippen LogP contribution < -0.4 is 10.3 Å². The van der Waals surface area contributed by atoms with Crippen molar-refractivity contribution >= 4 is 10.9 Å². The van der Waals surface area contributed by atoms with Crippen molar-refractivity contribution in [2.75, 3.05) is 20.2 Å². The second kappa shape index (κ2) is 7.27. The Balaban J connectivity index is 1.60. The van der Waals surface area contributed by atoms with Crippen LogP contribution >= 0.6 is 0 Å². The third kappa shape index (κ3) is 3.81. The van der Waals surface area contributed by atoms with Crippen LogP contribution in [0.15, 0.2) is 53.3 Å². The number of likely N-dealkylation sites (N-methyl/N-ethyl adjacent to an activating group) is 1. The molecule has 0 spiro atoms. The van der Waals surface area contributed by atoms with E-state index in [4.69, 9.17) is 4.74 Å². The SMILES string of the molecule is Cc1ccccc1OCCN(C)Cc1nc2ccccc2c(=O)[nH]1. The molecule has 0 saturated heterocycles. The number of rotatable bonds is 6. The number of aryl methyl sites for hydroxylation is 1. The zero-order valence-electron chi connectivity index (χ0n) is 14.0. The Morgan fingerprint density at radius 2 is 1.88 bits per heavy atom. The van der Waals surface area contributed by atoms with Crippen molar-refractivity contribution in [3.8, 4) is 5.75 Å². The summed E-state index contributed by atoms with van der Waals surface area (Å²) in [4.78, 5) is 21.5. The Morgan fingerprint density at radius 1 is 1.12 bits per heavy atom. The summed E-state index contributed by atoms with van der Waals surface area (Å²) >= 11 is 0. The fourth-order valence-electron chi connectivity index (χ4n) is 2.57. The number of hydrogen-bond acceptors (Lipinski definition) is 4. The number of hydrogen-bond donors (Lipinski definition) is 1. The van der Waals surface area contributed by atoms with E-state index in [1.165, 1.54) is 0 Å². The van der Waals surface area contributed by atoms with Gasteiger partial charge in [0.15, 0.2) is 0 Å². The first-order valence-electron chi connectivity index (χ1n) is 7.98. The quantitative estimate of drug-likeness (QED) is 0.758. The average Bonchev–Trinajstić information content (AvgIpc) is 2.57. The van der Waals surface area contributed by atoms with Crippen molar-refractivity contribution < 1.29 is 4.74 Å². The lowest BCUT2D eigenvalue weighted by atomic mass is 10.2. The molecule has 1 heterocycles. The van der Waals surface area contributed by atoms with Gasteiger partial charge < -0.3 is 9.72 Å². The molecule has 5 nitrogen and oxygen atoms in total. The van der Waals surface area contributed by atoms with Gasteiger partial charge in [-0.05, 0) is 37.7 Å². The number of nitrogens with zero attached hydrogens (tertiary/aromatic N) is 2. The third-order valence-corrected chi connectivity index (χ3v) is 3.91. The van der Waals surface area contributed by atoms with Crippen LogP contribution in [0.3, 0.4) is 0 Å². The van der Waals surface area contributed by atoms with Crippen LogP contribution in [-0.2, 0) is 6.54 Å². The number of benzene rings is 2. The van der Waals surface area contributed by atoms with E-state index < -0.39 is 0 Å². The maximum atomic E-state index is 12.1. The molecule has 0 radical (unpaired) electrons. The van der Waals surface area contributed by atoms with Crippen LogP contribution in [0.2, 0.25) is 0 Å². The highest BCUT2D eigenvalue weighted by atomic mass is 16.5. The number of nitrogens with one attached hydrogen (secondary N) is 1. The van der Waals surface area contributed by atoms with E-state index >= 15 is 0 Å². The van der Waals surface area contributed by atoms with Gasteiger partial charge in [-0.3, -0.25) is 9.69 Å². The Bertz CT molecular complexity index is 889. The molecule has 0 fully saturated rings. The normalized spacial score (nSPS) is 11.1. The second-order valence-corrected chi connectivity index (χ2v) is 5.88. The molecular formula is C19H21N3O2. The van der Waals surface area contributed by atoms with Crippen LogP contribution in [0.25, 0.3) is 10.9 Å². The molecule has 124 valence electrons. The minimum absolute atomic E-state index is 0.0971. The van der Waals surface area contributed by atoms with E-state index in [0.717, 1.165) is 23.4 Å². The number of aromatic nitrogens is 2. The molecule has 0 bridgehead atoms. The van der Waals surface area contributed by atoms with Crippen molar-refractivity contribution in [3.63, 3.8) is 0 Å². The predicted octanol–water partition coefficient (Wildman–Crippen LogP) is 2.74. The smallest absolute Gasteiger partial charge is 0.258 e. The number of para-hydroxylation sites is 2. The summed E-state index contributed by atoms with van der Waals surface area (Å²) in [5.41, 5.74) is 1.75. The van der Waals surface area contributed by atoms with E-state index in [0.29, 0.717) is 24.4 Å². The molecule has 0 atom stereocenters. The maximum absolute atomic E-state index is 12.1. The molecule has 1 N–H and O–H groups in total. The van der Waals surface area contributed by atoms with Crippen molar-refractivity contribution in [3.05, 3.63) is 70.3 Å². The summed E-state index contributed by atoms with van der Waals surface area (Å²) in [5.74, 6) is 1.57. The lowest BCUT2D eigenvalue weighted by Crippen LogP contribution is -2.26. The Hall–Kier alpha value is -2.66. The number of fused-ring (bicyclic) bond motifs is 1. The van der Waals surface area contributed by atoms with Crippen molar-refractivity contribution in [1.29, 1.82) is 0 Å². The third-order valence-electron chi connectivity index (χ3n) is 3.91. The summed E-state index contributed by atoms with van der Waals surface area (Å²) in [7, 11) is 1.98. The highest BCUT2D eigenvalue weighted by Crippen LogP contribution is 2.15. The largest absolute Gasteiger partial charge is 0.492 e. The maximum Gasteiger partial charge on any atom is 0.258 e. The van der Waals surface area contributed by atoms with Crippen molar-refractivity contribution in [2.24, 2.45) is 0 Å². The van der Waals surface area contributed by atoms with Gasteiger partial charge in [0.05, 0.1) is 17.4 Å². The van der Waals surface area contributed by atoms with Gasteiger partial charge in [0.2, 0.25) is 0 Å². The van der Waals surface area contributed by atoms with Crippen LogP contribution in [0.4, 0.5) is 0 Å². The molecular weight excluding hydrogens is 302 g/mol. The van der Waals surface area contributed by atoms with Crippen LogP contribution in [0.5, 0.6) is 5.75 Å². The summed E-state index contributed by atoms with van der Waals surface area (Å²) in [6.07, 6.45) is 0. The molecule has 0 amide bonds. The lowest BCUT2D eigenvalue weighted by Gasteiger charge is -2.17. The Morgan fingerprint density at radius 3 is 2.71 bits per heavy atom. The average molecular weight is 323 g/mol. The minimum atomic E-state index is -0.0971. The van der Waals surface area contributed by atoms with Crippen LogP contribution in [0, 0.1) is 6.92 Å². The van der Waals surface area contributed by atoms with Crippen molar-refractivity contribution in [1.82, 2.24) is 14.9 Å². The van der Waals surface area contributed by atoms with E-state index in [2.05, 4.69) is 14.9 Å². The van der Waals surface area contributed by atoms with E-state index in [-0.39, 0.29) is 5.56 Å². The van der Waals surface area contributed by atoms with Gasteiger partial charge in [0, 0.05) is 6.54 Å². The summed E-state index contributed by atoms with van der Waals surface area (Å²) < 4.78 is 5.81. The number of H-pyrrole nitrogens is 1. The minimum Gasteiger partial charge on any atom is -0.492 e. The molecule has 0 aliphatic heterocycles. The topological polar surface area (TPSA) is 58.2 Å². The van der Waals surface area contributed by atoms with E-state index in [1.807, 2.05) is 56.4 Å². The Kier molecular flexibility index (Phi) is 4.91. The van der Waals surface area contributed by atoms with Gasteiger partial charge in [-0.25, -0.2) is 4.98 Å². The molecule has 0 aliphatic carbocycles. The Labute approximate surface area is 140 Å². The summed E-state index contributed by atoms with van der Waals surface area (Å²) in [6, 6.07) is 15.3. The molecule has 3 rings (SSSR count). The standard InChI is InChI=1S/C19H21N3O2/c1-14-7-3-6-10-17(14)24-12-11-22(2)13-18-20-16-9-5-4-8-15(16)19(23)21-18/h3-10H,11-13H2,1-2H3,(H,20,21,23). The van der Waals surface area contributed by atoms with Crippen molar-refractivity contribution in [2.45, 2.75) is 13.5 Å². The monoisotopic (exact) mass is 323 g/mol. The molecule has 3 aromatic rings. The molecule has 0 saturated carbocycles. The van der Waals surface area contributed by atoms with Gasteiger partial charge in [-0.15, -0.1) is 0 Å². The molecule has 2 aromatic carbocycles. The van der Waals surface area contributed by atoms with Crippen LogP contribution in [0.1, 0.15) is 11.4 Å². The second-order valence-electron chi connectivity index (χ2n) is 5.88. The first kappa shape index (κ1) is 16.2. The number of aromatic amines is 1. The number of ether oxygens (including phenoxy) is 1. The van der Waals surface area contributed by atoms with Gasteiger partial charge in [-0.1, -0.05) is 30.3 Å². The zero-order chi connectivity index (χ0) is 16.9. The van der Waals surface area contributed by atoms with Gasteiger partial charge >= 0.3 is 0 Å². The zero-order valence-corrected chi connectivity index (χ0v) is 14.0. The van der Waals surface area contributed by atoms with Gasteiger partial charge in [0.1, 0.15) is 18.2 Å². The molecule has 5 heteroatoms. The van der Waals surface area contributed by atoms with Gasteiger partial charge in [0.25, 0.3) is 5.56 Å². The van der Waals surface area contributed by atoms with E-state index in [1.54, 1.807) is 6.07 Å². The summed E-state index contributed by atoms with van der Waals surface area (Å²) in [5, 5.41) is 0.617. The highest BCUT2D eigenvalue weighted by molar-refractivity contribution is 5.77. The fraction of sp³-hybridized carbons (Fsp3) is 0.263. The summed E-state index contributed by atoms with van der Waals surface area (Å²) in [6.45, 7) is 3.92.